The maximum Gasteiger partial charge on any atom is 0.317 e. The van der Waals surface area contributed by atoms with E-state index in [2.05, 4.69) is 22.4 Å². The number of hydrogen-bond acceptors (Lipinski definition) is 2. The lowest BCUT2D eigenvalue weighted by Gasteiger charge is -2.39. The normalized spacial score (nSPS) is 14.9. The smallest absolute Gasteiger partial charge is 0.317 e. The van der Waals surface area contributed by atoms with Gasteiger partial charge in [0.25, 0.3) is 0 Å². The van der Waals surface area contributed by atoms with Gasteiger partial charge in [-0.3, -0.25) is 0 Å². The molecule has 20 heavy (non-hydrogen) atoms. The third kappa shape index (κ3) is 2.82. The van der Waals surface area contributed by atoms with Gasteiger partial charge in [-0.25, -0.2) is 9.78 Å². The quantitative estimate of drug-likeness (QED) is 0.919. The van der Waals surface area contributed by atoms with Crippen molar-refractivity contribution in [3.8, 4) is 0 Å². The fraction of sp³-hybridized carbons (Fsp3) is 0.333. The predicted octanol–water partition coefficient (Wildman–Crippen LogP) is 1.69. The van der Waals surface area contributed by atoms with Crippen LogP contribution in [0.4, 0.5) is 4.79 Å². The summed E-state index contributed by atoms with van der Waals surface area (Å²) in [4.78, 5) is 17.8. The van der Waals surface area contributed by atoms with E-state index >= 15 is 0 Å². The van der Waals surface area contributed by atoms with Crippen LogP contribution in [0.1, 0.15) is 11.6 Å². The molecule has 0 saturated carbocycles. The third-order valence-corrected chi connectivity index (χ3v) is 3.63. The molecule has 1 aliphatic rings. The molecule has 0 bridgehead atoms. The first-order chi connectivity index (χ1) is 9.83. The number of imidazole rings is 1. The molecule has 1 fully saturated rings. The molecule has 0 unspecified atom stereocenters. The number of hydrogen-bond donors (Lipinski definition) is 1. The van der Waals surface area contributed by atoms with Crippen LogP contribution < -0.4 is 5.32 Å². The van der Waals surface area contributed by atoms with E-state index in [0.29, 0.717) is 12.6 Å². The Labute approximate surface area is 118 Å². The Kier molecular flexibility index (Phi) is 3.67. The predicted molar refractivity (Wildman–Crippen MR) is 76.4 cm³/mol. The molecular formula is C15H18N4O. The van der Waals surface area contributed by atoms with Crippen molar-refractivity contribution in [3.05, 3.63) is 54.6 Å². The lowest BCUT2D eigenvalue weighted by molar-refractivity contribution is 0.125. The van der Waals surface area contributed by atoms with Crippen molar-refractivity contribution in [3.63, 3.8) is 0 Å². The molecule has 5 heteroatoms. The summed E-state index contributed by atoms with van der Waals surface area (Å²) in [5, 5.41) is 2.96. The van der Waals surface area contributed by atoms with Crippen molar-refractivity contribution in [2.45, 2.75) is 12.5 Å². The van der Waals surface area contributed by atoms with Crippen molar-refractivity contribution in [2.24, 2.45) is 0 Å². The monoisotopic (exact) mass is 270 g/mol. The molecule has 2 heterocycles. The average molecular weight is 270 g/mol. The molecule has 104 valence electrons. The zero-order chi connectivity index (χ0) is 13.8. The Bertz CT molecular complexity index is 547. The van der Waals surface area contributed by atoms with Gasteiger partial charge >= 0.3 is 6.03 Å². The summed E-state index contributed by atoms with van der Waals surface area (Å²) in [6.07, 6.45) is 6.37. The number of urea groups is 1. The molecule has 1 aliphatic heterocycles. The number of amides is 2. The largest absolute Gasteiger partial charge is 0.338 e. The second kappa shape index (κ2) is 5.77. The highest BCUT2D eigenvalue weighted by Crippen LogP contribution is 2.20. The van der Waals surface area contributed by atoms with Crippen molar-refractivity contribution in [2.75, 3.05) is 19.6 Å². The molecule has 1 aromatic carbocycles. The summed E-state index contributed by atoms with van der Waals surface area (Å²) in [7, 11) is 0. The molecule has 5 nitrogen and oxygen atoms in total. The van der Waals surface area contributed by atoms with Gasteiger partial charge in [0.05, 0.1) is 12.4 Å². The molecule has 2 amide bonds. The molecule has 1 saturated heterocycles. The van der Waals surface area contributed by atoms with Gasteiger partial charge in [-0.1, -0.05) is 30.3 Å². The zero-order valence-electron chi connectivity index (χ0n) is 11.3. The van der Waals surface area contributed by atoms with Crippen LogP contribution in [0, 0.1) is 0 Å². The average Bonchev–Trinajstić information content (AvgIpc) is 2.92. The van der Waals surface area contributed by atoms with E-state index in [1.165, 1.54) is 5.56 Å². The van der Waals surface area contributed by atoms with Crippen LogP contribution >= 0.6 is 0 Å². The summed E-state index contributed by atoms with van der Waals surface area (Å²) < 4.78 is 2.05. The minimum absolute atomic E-state index is 0.0253. The molecular weight excluding hydrogens is 252 g/mol. The Hall–Kier alpha value is -2.30. The van der Waals surface area contributed by atoms with Gasteiger partial charge in [0.2, 0.25) is 0 Å². The number of likely N-dealkylation sites (tertiary alicyclic amines) is 1. The molecule has 3 rings (SSSR count). The summed E-state index contributed by atoms with van der Waals surface area (Å²) in [6, 6.07) is 10.6. The van der Waals surface area contributed by atoms with Crippen LogP contribution in [0.2, 0.25) is 0 Å². The standard InChI is InChI=1S/C15H18N4O/c20-15(17-7-6-13-4-2-1-3-5-13)19-10-14(11-19)18-9-8-16-12-18/h1-5,8-9,12,14H,6-7,10-11H2,(H,17,20). The molecule has 1 N–H and O–H groups in total. The molecule has 1 aromatic heterocycles. The highest BCUT2D eigenvalue weighted by Gasteiger charge is 2.31. The number of aromatic nitrogens is 2. The number of carbonyl (C=O) groups excluding carboxylic acids is 1. The van der Waals surface area contributed by atoms with Gasteiger partial charge in [-0.05, 0) is 12.0 Å². The number of rotatable bonds is 4. The maximum atomic E-state index is 11.9. The SMILES string of the molecule is O=C(NCCc1ccccc1)N1CC(n2ccnc2)C1. The van der Waals surface area contributed by atoms with E-state index in [0.717, 1.165) is 19.5 Å². The molecule has 0 radical (unpaired) electrons. The number of nitrogens with zero attached hydrogens (tertiary/aromatic N) is 3. The van der Waals surface area contributed by atoms with E-state index in [9.17, 15) is 4.79 Å². The molecule has 0 aliphatic carbocycles. The van der Waals surface area contributed by atoms with Gasteiger partial charge in [0.1, 0.15) is 0 Å². The lowest BCUT2D eigenvalue weighted by Crippen LogP contribution is -2.54. The van der Waals surface area contributed by atoms with Crippen LogP contribution in [-0.2, 0) is 6.42 Å². The fourth-order valence-corrected chi connectivity index (χ4v) is 2.37. The van der Waals surface area contributed by atoms with Crippen molar-refractivity contribution < 1.29 is 4.79 Å². The number of benzene rings is 1. The third-order valence-electron chi connectivity index (χ3n) is 3.63. The Balaban J connectivity index is 1.39. The molecule has 0 spiro atoms. The highest BCUT2D eigenvalue weighted by molar-refractivity contribution is 5.75. The summed E-state index contributed by atoms with van der Waals surface area (Å²) in [6.45, 7) is 2.19. The first kappa shape index (κ1) is 12.7. The van der Waals surface area contributed by atoms with Crippen molar-refractivity contribution in [1.82, 2.24) is 19.8 Å². The lowest BCUT2D eigenvalue weighted by atomic mass is 10.1. The van der Waals surface area contributed by atoms with Crippen LogP contribution in [-0.4, -0.2) is 40.1 Å². The summed E-state index contributed by atoms with van der Waals surface area (Å²) in [5.41, 5.74) is 1.24. The molecule has 2 aromatic rings. The minimum atomic E-state index is 0.0253. The van der Waals surface area contributed by atoms with Gasteiger partial charge in [0, 0.05) is 32.0 Å². The van der Waals surface area contributed by atoms with E-state index in [1.807, 2.05) is 33.9 Å². The van der Waals surface area contributed by atoms with E-state index in [1.54, 1.807) is 12.5 Å². The van der Waals surface area contributed by atoms with E-state index in [-0.39, 0.29) is 6.03 Å². The number of carbonyl (C=O) groups is 1. The fourth-order valence-electron chi connectivity index (χ4n) is 2.37. The molecule has 0 atom stereocenters. The van der Waals surface area contributed by atoms with Crippen LogP contribution in [0.3, 0.4) is 0 Å². The number of nitrogens with one attached hydrogen (secondary N) is 1. The van der Waals surface area contributed by atoms with Crippen LogP contribution in [0.15, 0.2) is 49.1 Å². The Morgan fingerprint density at radius 1 is 1.30 bits per heavy atom. The van der Waals surface area contributed by atoms with Crippen LogP contribution in [0.25, 0.3) is 0 Å². The van der Waals surface area contributed by atoms with E-state index in [4.69, 9.17) is 0 Å². The maximum absolute atomic E-state index is 11.9. The second-order valence-electron chi connectivity index (χ2n) is 5.04. The van der Waals surface area contributed by atoms with Gasteiger partial charge in [0.15, 0.2) is 0 Å². The van der Waals surface area contributed by atoms with Crippen molar-refractivity contribution in [1.29, 1.82) is 0 Å². The summed E-state index contributed by atoms with van der Waals surface area (Å²) in [5.74, 6) is 0. The zero-order valence-corrected chi connectivity index (χ0v) is 11.3. The van der Waals surface area contributed by atoms with Crippen molar-refractivity contribution >= 4 is 6.03 Å². The van der Waals surface area contributed by atoms with Gasteiger partial charge in [-0.15, -0.1) is 0 Å². The topological polar surface area (TPSA) is 50.2 Å². The summed E-state index contributed by atoms with van der Waals surface area (Å²) >= 11 is 0. The first-order valence-corrected chi connectivity index (χ1v) is 6.87. The Morgan fingerprint density at radius 2 is 2.10 bits per heavy atom. The Morgan fingerprint density at radius 3 is 2.80 bits per heavy atom. The highest BCUT2D eigenvalue weighted by atomic mass is 16.2. The minimum Gasteiger partial charge on any atom is -0.338 e. The van der Waals surface area contributed by atoms with Gasteiger partial charge < -0.3 is 14.8 Å². The first-order valence-electron chi connectivity index (χ1n) is 6.87. The second-order valence-corrected chi connectivity index (χ2v) is 5.04. The van der Waals surface area contributed by atoms with Crippen LogP contribution in [0.5, 0.6) is 0 Å². The van der Waals surface area contributed by atoms with E-state index < -0.39 is 0 Å². The van der Waals surface area contributed by atoms with Gasteiger partial charge in [-0.2, -0.15) is 0 Å².